The smallest absolute Gasteiger partial charge is 0.338 e. The van der Waals surface area contributed by atoms with Crippen molar-refractivity contribution in [3.05, 3.63) is 28.8 Å². The first-order valence-corrected chi connectivity index (χ1v) is 8.37. The van der Waals surface area contributed by atoms with Crippen molar-refractivity contribution in [1.29, 1.82) is 0 Å². The number of hydrogen-bond acceptors (Lipinski definition) is 2. The third-order valence-corrected chi connectivity index (χ3v) is 4.69. The Kier molecular flexibility index (Phi) is 5.97. The van der Waals surface area contributed by atoms with Crippen LogP contribution in [0.25, 0.3) is 0 Å². The predicted octanol–water partition coefficient (Wildman–Crippen LogP) is 5.14. The lowest BCUT2D eigenvalue weighted by atomic mass is 9.76. The molecule has 1 fully saturated rings. The highest BCUT2D eigenvalue weighted by molar-refractivity contribution is 5.88. The third kappa shape index (κ3) is 3.82. The molecule has 0 atom stereocenters. The fraction of sp³-hybridized carbons (Fsp3) is 0.611. The first kappa shape index (κ1) is 17.7. The summed E-state index contributed by atoms with van der Waals surface area (Å²) in [5.74, 6) is -3.39. The van der Waals surface area contributed by atoms with E-state index in [9.17, 15) is 13.6 Å². The molecule has 0 unspecified atom stereocenters. The Balaban J connectivity index is 2.34. The second-order valence-electron chi connectivity index (χ2n) is 6.21. The quantitative estimate of drug-likeness (QED) is 0.787. The van der Waals surface area contributed by atoms with Gasteiger partial charge >= 0.3 is 5.97 Å². The molecule has 0 heterocycles. The molecule has 1 aromatic rings. The van der Waals surface area contributed by atoms with Crippen molar-refractivity contribution in [2.75, 3.05) is 6.61 Å². The van der Waals surface area contributed by atoms with Crippen molar-refractivity contribution in [1.82, 2.24) is 0 Å². The van der Waals surface area contributed by atoms with E-state index in [1.807, 2.05) is 0 Å². The van der Waals surface area contributed by atoms with E-state index in [1.54, 1.807) is 6.92 Å². The Bertz CT molecular complexity index is 564. The Labute approximate surface area is 135 Å². The highest BCUT2D eigenvalue weighted by Crippen LogP contribution is 2.42. The Hall–Kier alpha value is -1.65. The molecule has 1 aliphatic carbocycles. The molecule has 1 N–H and O–H groups in total. The van der Waals surface area contributed by atoms with Gasteiger partial charge in [-0.1, -0.05) is 19.8 Å². The largest absolute Gasteiger partial charge is 0.490 e. The molecule has 0 amide bonds. The lowest BCUT2D eigenvalue weighted by Crippen LogP contribution is -2.16. The van der Waals surface area contributed by atoms with Crippen molar-refractivity contribution in [3.63, 3.8) is 0 Å². The molecule has 2 rings (SSSR count). The summed E-state index contributed by atoms with van der Waals surface area (Å²) < 4.78 is 33.5. The molecular formula is C18H24F2O3. The monoisotopic (exact) mass is 326 g/mol. The van der Waals surface area contributed by atoms with Gasteiger partial charge in [-0.2, -0.15) is 4.39 Å². The molecule has 0 spiro atoms. The second-order valence-corrected chi connectivity index (χ2v) is 6.21. The molecule has 0 aliphatic heterocycles. The van der Waals surface area contributed by atoms with E-state index in [2.05, 4.69) is 6.92 Å². The third-order valence-electron chi connectivity index (χ3n) is 4.69. The summed E-state index contributed by atoms with van der Waals surface area (Å²) >= 11 is 0. The Morgan fingerprint density at radius 2 is 1.87 bits per heavy atom. The maximum atomic E-state index is 14.3. The van der Waals surface area contributed by atoms with E-state index >= 15 is 0 Å². The summed E-state index contributed by atoms with van der Waals surface area (Å²) in [6.07, 6.45) is 6.11. The van der Waals surface area contributed by atoms with Crippen LogP contribution < -0.4 is 4.74 Å². The lowest BCUT2D eigenvalue weighted by Gasteiger charge is -2.30. The van der Waals surface area contributed by atoms with E-state index in [0.717, 1.165) is 32.1 Å². The molecule has 0 saturated heterocycles. The summed E-state index contributed by atoms with van der Waals surface area (Å²) in [5.41, 5.74) is -0.116. The number of carbonyl (C=O) groups is 1. The van der Waals surface area contributed by atoms with Crippen LogP contribution in [0.4, 0.5) is 8.78 Å². The minimum atomic E-state index is -1.45. The zero-order valence-corrected chi connectivity index (χ0v) is 13.7. The summed E-state index contributed by atoms with van der Waals surface area (Å²) in [6.45, 7) is 4.07. The van der Waals surface area contributed by atoms with Crippen LogP contribution in [0.3, 0.4) is 0 Å². The van der Waals surface area contributed by atoms with Crippen LogP contribution in [0.1, 0.15) is 74.2 Å². The van der Waals surface area contributed by atoms with Crippen LogP contribution in [0, 0.1) is 17.6 Å². The van der Waals surface area contributed by atoms with Gasteiger partial charge in [-0.25, -0.2) is 9.18 Å². The Morgan fingerprint density at radius 1 is 1.22 bits per heavy atom. The maximum absolute atomic E-state index is 14.3. The molecular weight excluding hydrogens is 302 g/mol. The first-order valence-electron chi connectivity index (χ1n) is 8.37. The standard InChI is InChI=1S/C18H24F2O3/c1-3-5-11-6-8-12(9-7-11)13-10-14(18(21)22)15(19)16(20)17(13)23-4-2/h10-12H,3-9H2,1-2H3,(H,21,22). The number of carboxylic acids is 1. The molecule has 1 aromatic carbocycles. The molecule has 0 bridgehead atoms. The van der Waals surface area contributed by atoms with E-state index in [0.29, 0.717) is 11.5 Å². The number of aromatic carboxylic acids is 1. The SMILES string of the molecule is CCCC1CCC(c2cc(C(=O)O)c(F)c(F)c2OCC)CC1. The topological polar surface area (TPSA) is 46.5 Å². The van der Waals surface area contributed by atoms with Gasteiger partial charge < -0.3 is 9.84 Å². The minimum Gasteiger partial charge on any atom is -0.490 e. The highest BCUT2D eigenvalue weighted by Gasteiger charge is 2.29. The summed E-state index contributed by atoms with van der Waals surface area (Å²) in [6, 6.07) is 1.26. The van der Waals surface area contributed by atoms with Gasteiger partial charge in [0.2, 0.25) is 5.82 Å². The number of ether oxygens (including phenoxy) is 1. The van der Waals surface area contributed by atoms with Crippen molar-refractivity contribution in [2.24, 2.45) is 5.92 Å². The van der Waals surface area contributed by atoms with Gasteiger partial charge in [0.15, 0.2) is 11.6 Å². The van der Waals surface area contributed by atoms with E-state index < -0.39 is 23.2 Å². The Morgan fingerprint density at radius 3 is 2.39 bits per heavy atom. The van der Waals surface area contributed by atoms with E-state index in [4.69, 9.17) is 9.84 Å². The van der Waals surface area contributed by atoms with Gasteiger partial charge in [-0.15, -0.1) is 0 Å². The number of carboxylic acid groups (broad SMARTS) is 1. The summed E-state index contributed by atoms with van der Waals surface area (Å²) in [4.78, 5) is 11.2. The van der Waals surface area contributed by atoms with Crippen LogP contribution in [-0.2, 0) is 0 Å². The lowest BCUT2D eigenvalue weighted by molar-refractivity contribution is 0.0690. The molecule has 1 saturated carbocycles. The molecule has 5 heteroatoms. The number of hydrogen-bond donors (Lipinski definition) is 1. The van der Waals surface area contributed by atoms with Gasteiger partial charge in [0.1, 0.15) is 0 Å². The number of benzene rings is 1. The van der Waals surface area contributed by atoms with E-state index in [-0.39, 0.29) is 18.3 Å². The highest BCUT2D eigenvalue weighted by atomic mass is 19.2. The van der Waals surface area contributed by atoms with Crippen LogP contribution in [0.2, 0.25) is 0 Å². The van der Waals surface area contributed by atoms with Crippen molar-refractivity contribution >= 4 is 5.97 Å². The molecule has 1 aliphatic rings. The van der Waals surface area contributed by atoms with Gasteiger partial charge in [0.05, 0.1) is 12.2 Å². The average molecular weight is 326 g/mol. The normalized spacial score (nSPS) is 21.2. The summed E-state index contributed by atoms with van der Waals surface area (Å²) in [7, 11) is 0. The zero-order valence-electron chi connectivity index (χ0n) is 13.7. The summed E-state index contributed by atoms with van der Waals surface area (Å²) in [5, 5.41) is 9.10. The van der Waals surface area contributed by atoms with Gasteiger partial charge in [-0.3, -0.25) is 0 Å². The molecule has 0 aromatic heterocycles. The van der Waals surface area contributed by atoms with Crippen LogP contribution in [0.5, 0.6) is 5.75 Å². The van der Waals surface area contributed by atoms with Crippen molar-refractivity contribution in [2.45, 2.75) is 58.3 Å². The van der Waals surface area contributed by atoms with Crippen molar-refractivity contribution < 1.29 is 23.4 Å². The van der Waals surface area contributed by atoms with Crippen molar-refractivity contribution in [3.8, 4) is 5.75 Å². The average Bonchev–Trinajstić information content (AvgIpc) is 2.53. The van der Waals surface area contributed by atoms with Crippen LogP contribution in [-0.4, -0.2) is 17.7 Å². The van der Waals surface area contributed by atoms with Gasteiger partial charge in [-0.05, 0) is 50.5 Å². The first-order chi connectivity index (χ1) is 11.0. The van der Waals surface area contributed by atoms with Crippen LogP contribution >= 0.6 is 0 Å². The molecule has 3 nitrogen and oxygen atoms in total. The number of halogens is 2. The zero-order chi connectivity index (χ0) is 17.0. The molecule has 23 heavy (non-hydrogen) atoms. The minimum absolute atomic E-state index is 0.0258. The maximum Gasteiger partial charge on any atom is 0.338 e. The predicted molar refractivity (Wildman–Crippen MR) is 84.1 cm³/mol. The fourth-order valence-electron chi connectivity index (χ4n) is 3.55. The fourth-order valence-corrected chi connectivity index (χ4v) is 3.55. The molecule has 128 valence electrons. The van der Waals surface area contributed by atoms with Gasteiger partial charge in [0, 0.05) is 5.56 Å². The van der Waals surface area contributed by atoms with E-state index in [1.165, 1.54) is 12.5 Å². The molecule has 0 radical (unpaired) electrons. The van der Waals surface area contributed by atoms with Crippen LogP contribution in [0.15, 0.2) is 6.07 Å². The van der Waals surface area contributed by atoms with Gasteiger partial charge in [0.25, 0.3) is 0 Å². The number of rotatable bonds is 6. The second kappa shape index (κ2) is 7.75.